The number of aromatic nitrogens is 1. The lowest BCUT2D eigenvalue weighted by Crippen LogP contribution is -2.16. The summed E-state index contributed by atoms with van der Waals surface area (Å²) in [5.41, 5.74) is 3.60. The number of rotatable bonds is 7. The summed E-state index contributed by atoms with van der Waals surface area (Å²) in [6, 6.07) is 18.8. The highest BCUT2D eigenvalue weighted by Crippen LogP contribution is 2.23. The average molecular weight is 397 g/mol. The molecule has 2 aromatic heterocycles. The van der Waals surface area contributed by atoms with Crippen molar-refractivity contribution in [1.29, 1.82) is 0 Å². The molecule has 0 spiro atoms. The number of carbonyl (C=O) groups is 1. The molecular formula is C22H21ClN2O3. The van der Waals surface area contributed by atoms with Crippen LogP contribution < -0.4 is 5.32 Å². The van der Waals surface area contributed by atoms with Gasteiger partial charge in [-0.1, -0.05) is 30.3 Å². The molecule has 6 heteroatoms. The predicted octanol–water partition coefficient (Wildman–Crippen LogP) is 4.88. The minimum atomic E-state index is -0.930. The zero-order valence-electron chi connectivity index (χ0n) is 15.1. The van der Waals surface area contributed by atoms with E-state index >= 15 is 0 Å². The van der Waals surface area contributed by atoms with E-state index in [0.717, 1.165) is 35.6 Å². The van der Waals surface area contributed by atoms with Crippen molar-refractivity contribution in [2.24, 2.45) is 0 Å². The Bertz CT molecular complexity index is 1070. The minimum absolute atomic E-state index is 0. The third kappa shape index (κ3) is 4.27. The predicted molar refractivity (Wildman–Crippen MR) is 112 cm³/mol. The van der Waals surface area contributed by atoms with Gasteiger partial charge in [0, 0.05) is 22.7 Å². The second-order valence-electron chi connectivity index (χ2n) is 6.43. The van der Waals surface area contributed by atoms with Gasteiger partial charge in [0.1, 0.15) is 11.5 Å². The second-order valence-corrected chi connectivity index (χ2v) is 6.43. The molecule has 0 unspecified atom stereocenters. The van der Waals surface area contributed by atoms with Gasteiger partial charge in [0.25, 0.3) is 0 Å². The van der Waals surface area contributed by atoms with E-state index in [1.54, 1.807) is 24.3 Å². The highest BCUT2D eigenvalue weighted by atomic mass is 35.5. The number of halogens is 1. The van der Waals surface area contributed by atoms with Gasteiger partial charge in [-0.25, -0.2) is 4.79 Å². The van der Waals surface area contributed by atoms with Gasteiger partial charge < -0.3 is 19.8 Å². The van der Waals surface area contributed by atoms with Crippen molar-refractivity contribution in [3.05, 3.63) is 83.7 Å². The molecule has 0 saturated heterocycles. The number of carboxylic acids is 1. The molecule has 0 bridgehead atoms. The lowest BCUT2D eigenvalue weighted by molar-refractivity contribution is 0.0697. The molecule has 4 aromatic rings. The number of aromatic carboxylic acids is 1. The molecule has 0 aliphatic heterocycles. The van der Waals surface area contributed by atoms with Gasteiger partial charge in [-0.05, 0) is 48.9 Å². The van der Waals surface area contributed by atoms with Crippen molar-refractivity contribution in [2.75, 3.05) is 6.54 Å². The van der Waals surface area contributed by atoms with Crippen LogP contribution in [0.4, 0.5) is 0 Å². The maximum Gasteiger partial charge on any atom is 0.335 e. The number of benzene rings is 2. The zero-order valence-corrected chi connectivity index (χ0v) is 16.0. The Morgan fingerprint density at radius 1 is 1.04 bits per heavy atom. The number of fused-ring (bicyclic) bond motifs is 1. The Morgan fingerprint density at radius 3 is 2.61 bits per heavy atom. The van der Waals surface area contributed by atoms with Gasteiger partial charge in [-0.3, -0.25) is 0 Å². The van der Waals surface area contributed by atoms with E-state index in [1.165, 1.54) is 10.9 Å². The summed E-state index contributed by atoms with van der Waals surface area (Å²) in [6.07, 6.45) is 3.01. The van der Waals surface area contributed by atoms with Crippen LogP contribution >= 0.6 is 12.4 Å². The van der Waals surface area contributed by atoms with Crippen molar-refractivity contribution in [3.63, 3.8) is 0 Å². The Labute approximate surface area is 168 Å². The summed E-state index contributed by atoms with van der Waals surface area (Å²) in [6.45, 7) is 1.50. The highest BCUT2D eigenvalue weighted by Gasteiger charge is 2.07. The van der Waals surface area contributed by atoms with Crippen LogP contribution in [0.15, 0.2) is 71.3 Å². The molecule has 5 nitrogen and oxygen atoms in total. The van der Waals surface area contributed by atoms with Crippen LogP contribution in [0.3, 0.4) is 0 Å². The number of furan rings is 1. The number of nitrogens with one attached hydrogen (secondary N) is 2. The normalized spacial score (nSPS) is 10.7. The Balaban J connectivity index is 0.00000225. The SMILES string of the molecule is Cl.O=C(O)c1ccc(-c2ccc(CNCCc3c[nH]c4ccccc34)o2)cc1. The molecule has 0 aliphatic rings. The summed E-state index contributed by atoms with van der Waals surface area (Å²) in [5, 5.41) is 13.6. The summed E-state index contributed by atoms with van der Waals surface area (Å²) >= 11 is 0. The quantitative estimate of drug-likeness (QED) is 0.389. The zero-order chi connectivity index (χ0) is 18.6. The summed E-state index contributed by atoms with van der Waals surface area (Å²) in [7, 11) is 0. The number of hydrogen-bond acceptors (Lipinski definition) is 3. The molecule has 4 rings (SSSR count). The molecular weight excluding hydrogens is 376 g/mol. The molecule has 144 valence electrons. The Hall–Kier alpha value is -3.02. The number of hydrogen-bond donors (Lipinski definition) is 3. The van der Waals surface area contributed by atoms with Gasteiger partial charge >= 0.3 is 5.97 Å². The largest absolute Gasteiger partial charge is 0.478 e. The number of H-pyrrole nitrogens is 1. The molecule has 0 fully saturated rings. The van der Waals surface area contributed by atoms with Crippen molar-refractivity contribution >= 4 is 29.3 Å². The first-order valence-corrected chi connectivity index (χ1v) is 8.89. The van der Waals surface area contributed by atoms with E-state index in [2.05, 4.69) is 34.7 Å². The van der Waals surface area contributed by atoms with E-state index in [1.807, 2.05) is 18.2 Å². The lowest BCUT2D eigenvalue weighted by atomic mass is 10.1. The molecule has 0 amide bonds. The van der Waals surface area contributed by atoms with E-state index in [-0.39, 0.29) is 18.0 Å². The number of para-hydroxylation sites is 1. The smallest absolute Gasteiger partial charge is 0.335 e. The second kappa shape index (κ2) is 8.78. The summed E-state index contributed by atoms with van der Waals surface area (Å²) in [4.78, 5) is 14.2. The third-order valence-electron chi connectivity index (χ3n) is 4.62. The highest BCUT2D eigenvalue weighted by molar-refractivity contribution is 5.88. The van der Waals surface area contributed by atoms with E-state index in [4.69, 9.17) is 9.52 Å². The molecule has 2 heterocycles. The monoisotopic (exact) mass is 396 g/mol. The van der Waals surface area contributed by atoms with Crippen molar-refractivity contribution < 1.29 is 14.3 Å². The molecule has 2 aromatic carbocycles. The van der Waals surface area contributed by atoms with Crippen LogP contribution in [0.5, 0.6) is 0 Å². The van der Waals surface area contributed by atoms with Gasteiger partial charge in [0.05, 0.1) is 12.1 Å². The van der Waals surface area contributed by atoms with Crippen LogP contribution in [0, 0.1) is 0 Å². The van der Waals surface area contributed by atoms with Crippen molar-refractivity contribution in [3.8, 4) is 11.3 Å². The van der Waals surface area contributed by atoms with Crippen LogP contribution in [0.1, 0.15) is 21.7 Å². The maximum atomic E-state index is 10.9. The Morgan fingerprint density at radius 2 is 1.82 bits per heavy atom. The Kier molecular flexibility index (Phi) is 6.19. The van der Waals surface area contributed by atoms with E-state index < -0.39 is 5.97 Å². The topological polar surface area (TPSA) is 78.3 Å². The van der Waals surface area contributed by atoms with Gasteiger partial charge in [0.2, 0.25) is 0 Å². The molecule has 3 N–H and O–H groups in total. The molecule has 0 saturated carbocycles. The minimum Gasteiger partial charge on any atom is -0.478 e. The molecule has 0 atom stereocenters. The van der Waals surface area contributed by atoms with Gasteiger partial charge in [-0.15, -0.1) is 12.4 Å². The average Bonchev–Trinajstić information content (AvgIpc) is 3.33. The van der Waals surface area contributed by atoms with Crippen molar-refractivity contribution in [1.82, 2.24) is 10.3 Å². The van der Waals surface area contributed by atoms with E-state index in [0.29, 0.717) is 6.54 Å². The fourth-order valence-corrected chi connectivity index (χ4v) is 3.18. The van der Waals surface area contributed by atoms with E-state index in [9.17, 15) is 4.79 Å². The fourth-order valence-electron chi connectivity index (χ4n) is 3.18. The third-order valence-corrected chi connectivity index (χ3v) is 4.62. The van der Waals surface area contributed by atoms with Gasteiger partial charge in [-0.2, -0.15) is 0 Å². The van der Waals surface area contributed by atoms with Gasteiger partial charge in [0.15, 0.2) is 0 Å². The van der Waals surface area contributed by atoms with Crippen LogP contribution in [0.25, 0.3) is 22.2 Å². The van der Waals surface area contributed by atoms with Crippen LogP contribution in [-0.4, -0.2) is 22.6 Å². The van der Waals surface area contributed by atoms with Crippen LogP contribution in [0.2, 0.25) is 0 Å². The first-order valence-electron chi connectivity index (χ1n) is 8.89. The first-order chi connectivity index (χ1) is 13.2. The fraction of sp³-hybridized carbons (Fsp3) is 0.136. The first kappa shape index (κ1) is 19.7. The standard InChI is InChI=1S/C22H20N2O3.ClH/c25-22(26)16-7-5-15(6-8-16)21-10-9-18(27-21)14-23-12-11-17-13-24-20-4-2-1-3-19(17)20;/h1-10,13,23-24H,11-12,14H2,(H,25,26);1H. The van der Waals surface area contributed by atoms with Crippen molar-refractivity contribution in [2.45, 2.75) is 13.0 Å². The summed E-state index contributed by atoms with van der Waals surface area (Å²) < 4.78 is 5.86. The van der Waals surface area contributed by atoms with Crippen LogP contribution in [-0.2, 0) is 13.0 Å². The molecule has 0 radical (unpaired) electrons. The lowest BCUT2D eigenvalue weighted by Gasteiger charge is -2.03. The molecule has 28 heavy (non-hydrogen) atoms. The number of aromatic amines is 1. The maximum absolute atomic E-state index is 10.9. The number of carboxylic acid groups (broad SMARTS) is 1. The molecule has 0 aliphatic carbocycles. The summed E-state index contributed by atoms with van der Waals surface area (Å²) in [5.74, 6) is 0.660.